The molecule has 0 saturated heterocycles. The summed E-state index contributed by atoms with van der Waals surface area (Å²) in [4.78, 5) is 1.47. The molecular formula is C17H27NS. The zero-order valence-corrected chi connectivity index (χ0v) is 13.1. The largest absolute Gasteiger partial charge is 0.314 e. The Bertz CT molecular complexity index is 407. The number of hydrogen-bond donors (Lipinski definition) is 1. The quantitative estimate of drug-likeness (QED) is 0.821. The van der Waals surface area contributed by atoms with Gasteiger partial charge in [-0.15, -0.1) is 11.3 Å². The van der Waals surface area contributed by atoms with Gasteiger partial charge in [-0.1, -0.05) is 19.8 Å². The summed E-state index contributed by atoms with van der Waals surface area (Å²) < 4.78 is 0. The SMILES string of the molecule is CCC1CCC(CNC2CC2)C(c2csc(C)c2)C1. The molecule has 2 aliphatic rings. The highest BCUT2D eigenvalue weighted by Crippen LogP contribution is 2.42. The Balaban J connectivity index is 1.68. The highest BCUT2D eigenvalue weighted by atomic mass is 32.1. The third kappa shape index (κ3) is 3.41. The Morgan fingerprint density at radius 3 is 2.74 bits per heavy atom. The summed E-state index contributed by atoms with van der Waals surface area (Å²) in [5.41, 5.74) is 1.63. The summed E-state index contributed by atoms with van der Waals surface area (Å²) in [5, 5.41) is 6.19. The number of hydrogen-bond acceptors (Lipinski definition) is 2. The van der Waals surface area contributed by atoms with E-state index < -0.39 is 0 Å². The molecule has 1 aromatic heterocycles. The molecule has 2 fully saturated rings. The smallest absolute Gasteiger partial charge is 0.00683 e. The lowest BCUT2D eigenvalue weighted by Gasteiger charge is -2.36. The summed E-state index contributed by atoms with van der Waals surface area (Å²) in [5.74, 6) is 2.65. The van der Waals surface area contributed by atoms with Crippen LogP contribution >= 0.6 is 11.3 Å². The Labute approximate surface area is 121 Å². The average Bonchev–Trinajstić information content (AvgIpc) is 3.17. The predicted octanol–water partition coefficient (Wildman–Crippen LogP) is 4.72. The van der Waals surface area contributed by atoms with Gasteiger partial charge in [0, 0.05) is 10.9 Å². The molecule has 0 radical (unpaired) electrons. The van der Waals surface area contributed by atoms with E-state index in [-0.39, 0.29) is 0 Å². The van der Waals surface area contributed by atoms with Gasteiger partial charge in [0.15, 0.2) is 0 Å². The molecule has 1 aromatic rings. The van der Waals surface area contributed by atoms with E-state index >= 15 is 0 Å². The molecule has 0 aromatic carbocycles. The van der Waals surface area contributed by atoms with Crippen molar-refractivity contribution in [3.63, 3.8) is 0 Å². The van der Waals surface area contributed by atoms with Gasteiger partial charge >= 0.3 is 0 Å². The van der Waals surface area contributed by atoms with E-state index in [0.29, 0.717) is 0 Å². The Morgan fingerprint density at radius 1 is 1.26 bits per heavy atom. The van der Waals surface area contributed by atoms with E-state index in [4.69, 9.17) is 0 Å². The van der Waals surface area contributed by atoms with Crippen LogP contribution in [0.2, 0.25) is 0 Å². The van der Waals surface area contributed by atoms with Crippen molar-refractivity contribution in [1.29, 1.82) is 0 Å². The van der Waals surface area contributed by atoms with Crippen LogP contribution in [0, 0.1) is 18.8 Å². The predicted molar refractivity (Wildman–Crippen MR) is 83.9 cm³/mol. The maximum Gasteiger partial charge on any atom is 0.00683 e. The van der Waals surface area contributed by atoms with Gasteiger partial charge in [-0.3, -0.25) is 0 Å². The molecule has 2 aliphatic carbocycles. The molecule has 2 saturated carbocycles. The Kier molecular flexibility index (Phi) is 4.28. The van der Waals surface area contributed by atoms with Crippen LogP contribution in [-0.2, 0) is 0 Å². The standard InChI is InChI=1S/C17H27NS/c1-3-13-4-5-14(10-18-16-6-7-16)17(9-13)15-8-12(2)19-11-15/h8,11,13-14,16-18H,3-7,9-10H2,1-2H3. The zero-order valence-electron chi connectivity index (χ0n) is 12.3. The van der Waals surface area contributed by atoms with Gasteiger partial charge in [-0.05, 0) is 73.9 Å². The van der Waals surface area contributed by atoms with Gasteiger partial charge in [0.25, 0.3) is 0 Å². The lowest BCUT2D eigenvalue weighted by Crippen LogP contribution is -2.32. The highest BCUT2D eigenvalue weighted by molar-refractivity contribution is 7.10. The second-order valence-corrected chi connectivity index (χ2v) is 7.74. The van der Waals surface area contributed by atoms with Crippen molar-refractivity contribution in [3.05, 3.63) is 21.9 Å². The van der Waals surface area contributed by atoms with Crippen LogP contribution in [-0.4, -0.2) is 12.6 Å². The molecule has 0 bridgehead atoms. The van der Waals surface area contributed by atoms with Gasteiger partial charge in [-0.25, -0.2) is 0 Å². The minimum absolute atomic E-state index is 0.815. The van der Waals surface area contributed by atoms with Crippen LogP contribution in [0.15, 0.2) is 11.4 Å². The first-order valence-electron chi connectivity index (χ1n) is 8.04. The summed E-state index contributed by atoms with van der Waals surface area (Å²) in [6.07, 6.45) is 8.48. The van der Waals surface area contributed by atoms with Crippen LogP contribution in [0.3, 0.4) is 0 Å². The summed E-state index contributed by atoms with van der Waals surface area (Å²) in [7, 11) is 0. The van der Waals surface area contributed by atoms with Crippen molar-refractivity contribution in [2.24, 2.45) is 11.8 Å². The average molecular weight is 277 g/mol. The minimum Gasteiger partial charge on any atom is -0.314 e. The third-order valence-electron chi connectivity index (χ3n) is 5.10. The van der Waals surface area contributed by atoms with Gasteiger partial charge < -0.3 is 5.32 Å². The van der Waals surface area contributed by atoms with Crippen molar-refractivity contribution >= 4 is 11.3 Å². The van der Waals surface area contributed by atoms with Crippen LogP contribution < -0.4 is 5.32 Å². The second kappa shape index (κ2) is 5.97. The lowest BCUT2D eigenvalue weighted by atomic mass is 9.71. The minimum atomic E-state index is 0.815. The summed E-state index contributed by atoms with van der Waals surface area (Å²) in [6.45, 7) is 5.86. The van der Waals surface area contributed by atoms with Crippen LogP contribution in [0.4, 0.5) is 0 Å². The number of thiophene rings is 1. The molecule has 19 heavy (non-hydrogen) atoms. The zero-order chi connectivity index (χ0) is 13.2. The van der Waals surface area contributed by atoms with Gasteiger partial charge in [0.1, 0.15) is 0 Å². The topological polar surface area (TPSA) is 12.0 Å². The molecular weight excluding hydrogens is 250 g/mol. The van der Waals surface area contributed by atoms with Crippen molar-refractivity contribution in [3.8, 4) is 0 Å². The van der Waals surface area contributed by atoms with E-state index in [2.05, 4.69) is 30.6 Å². The van der Waals surface area contributed by atoms with Crippen molar-refractivity contribution in [1.82, 2.24) is 5.32 Å². The molecule has 3 unspecified atom stereocenters. The molecule has 0 spiro atoms. The molecule has 1 nitrogen and oxygen atoms in total. The summed E-state index contributed by atoms with van der Waals surface area (Å²) >= 11 is 1.93. The van der Waals surface area contributed by atoms with E-state index in [9.17, 15) is 0 Å². The second-order valence-electron chi connectivity index (χ2n) is 6.63. The fourth-order valence-electron chi connectivity index (χ4n) is 3.61. The van der Waals surface area contributed by atoms with E-state index in [1.54, 1.807) is 5.56 Å². The van der Waals surface area contributed by atoms with E-state index in [1.807, 2.05) is 11.3 Å². The maximum atomic E-state index is 3.77. The molecule has 0 aliphatic heterocycles. The normalized spacial score (nSPS) is 31.6. The van der Waals surface area contributed by atoms with Crippen LogP contribution in [0.1, 0.15) is 61.8 Å². The highest BCUT2D eigenvalue weighted by Gasteiger charge is 2.32. The maximum absolute atomic E-state index is 3.77. The molecule has 3 rings (SSSR count). The van der Waals surface area contributed by atoms with Gasteiger partial charge in [-0.2, -0.15) is 0 Å². The number of nitrogens with one attached hydrogen (secondary N) is 1. The molecule has 1 heterocycles. The van der Waals surface area contributed by atoms with Crippen LogP contribution in [0.25, 0.3) is 0 Å². The molecule has 106 valence electrons. The first-order chi connectivity index (χ1) is 9.26. The number of rotatable bonds is 5. The Hall–Kier alpha value is -0.340. The molecule has 3 atom stereocenters. The fourth-order valence-corrected chi connectivity index (χ4v) is 4.38. The molecule has 1 N–H and O–H groups in total. The van der Waals surface area contributed by atoms with Crippen LogP contribution in [0.5, 0.6) is 0 Å². The third-order valence-corrected chi connectivity index (χ3v) is 5.98. The van der Waals surface area contributed by atoms with Crippen molar-refractivity contribution in [2.75, 3.05) is 6.54 Å². The molecule has 0 amide bonds. The number of aryl methyl sites for hydroxylation is 1. The van der Waals surface area contributed by atoms with Crippen molar-refractivity contribution < 1.29 is 0 Å². The van der Waals surface area contributed by atoms with E-state index in [1.165, 1.54) is 49.9 Å². The first-order valence-corrected chi connectivity index (χ1v) is 8.92. The van der Waals surface area contributed by atoms with Gasteiger partial charge in [0.2, 0.25) is 0 Å². The first kappa shape index (κ1) is 13.6. The van der Waals surface area contributed by atoms with Crippen molar-refractivity contribution in [2.45, 2.75) is 64.3 Å². The van der Waals surface area contributed by atoms with Gasteiger partial charge in [0.05, 0.1) is 0 Å². The van der Waals surface area contributed by atoms with E-state index in [0.717, 1.165) is 23.8 Å². The summed E-state index contributed by atoms with van der Waals surface area (Å²) in [6, 6.07) is 3.30. The fraction of sp³-hybridized carbons (Fsp3) is 0.765. The lowest BCUT2D eigenvalue weighted by molar-refractivity contribution is 0.225. The Morgan fingerprint density at radius 2 is 2.11 bits per heavy atom. The molecule has 2 heteroatoms. The monoisotopic (exact) mass is 277 g/mol.